The van der Waals surface area contributed by atoms with E-state index in [1.54, 1.807) is 23.9 Å². The quantitative estimate of drug-likeness (QED) is 0.823. The lowest BCUT2D eigenvalue weighted by atomic mass is 10.2. The largest absolute Gasteiger partial charge is 0.395 e. The molecule has 4 heteroatoms. The number of thioether (sulfide) groups is 1. The van der Waals surface area contributed by atoms with E-state index >= 15 is 0 Å². The Bertz CT molecular complexity index is 326. The number of rotatable bonds is 3. The molecule has 0 amide bonds. The molecule has 14 heavy (non-hydrogen) atoms. The molecule has 1 aromatic carbocycles. The summed E-state index contributed by atoms with van der Waals surface area (Å²) in [5.41, 5.74) is 0. The monoisotopic (exact) mass is 250 g/mol. The third-order valence-corrected chi connectivity index (χ3v) is 3.58. The highest BCUT2D eigenvalue weighted by atomic mass is 35.5. The molecule has 0 unspecified atom stereocenters. The third kappa shape index (κ3) is 3.35. The maximum atomic E-state index is 9.11. The molecule has 0 aromatic heterocycles. The van der Waals surface area contributed by atoms with Crippen LogP contribution in [0.15, 0.2) is 23.1 Å². The summed E-state index contributed by atoms with van der Waals surface area (Å²) in [4.78, 5) is 0.940. The fraction of sp³-hybridized carbons (Fsp3) is 0.400. The van der Waals surface area contributed by atoms with E-state index in [0.29, 0.717) is 10.0 Å². The number of hydrogen-bond donors (Lipinski definition) is 1. The van der Waals surface area contributed by atoms with Crippen LogP contribution in [0.3, 0.4) is 0 Å². The number of aliphatic hydroxyl groups is 1. The molecule has 1 nitrogen and oxygen atoms in total. The maximum absolute atomic E-state index is 9.11. The zero-order valence-electron chi connectivity index (χ0n) is 8.05. The number of hydrogen-bond acceptors (Lipinski definition) is 2. The summed E-state index contributed by atoms with van der Waals surface area (Å²) in [6.45, 7) is 4.03. The third-order valence-electron chi connectivity index (χ3n) is 1.66. The number of aliphatic hydroxyl groups excluding tert-OH is 1. The molecule has 0 saturated heterocycles. The van der Waals surface area contributed by atoms with Crippen LogP contribution in [0.25, 0.3) is 0 Å². The number of benzene rings is 1. The Morgan fingerprint density at radius 2 is 2.00 bits per heavy atom. The van der Waals surface area contributed by atoms with Crippen molar-refractivity contribution in [2.75, 3.05) is 6.61 Å². The Kier molecular flexibility index (Phi) is 4.14. The molecule has 0 atom stereocenters. The number of halogens is 2. The van der Waals surface area contributed by atoms with Crippen LogP contribution in [0.1, 0.15) is 13.8 Å². The fourth-order valence-electron chi connectivity index (χ4n) is 0.888. The Labute approximate surface area is 98.4 Å². The van der Waals surface area contributed by atoms with Gasteiger partial charge in [-0.1, -0.05) is 23.2 Å². The molecule has 0 radical (unpaired) electrons. The molecule has 0 fully saturated rings. The second-order valence-electron chi connectivity index (χ2n) is 3.59. The van der Waals surface area contributed by atoms with Crippen molar-refractivity contribution >= 4 is 35.0 Å². The standard InChI is InChI=1S/C10H12Cl2OS/c1-10(2,6-13)14-9-4-3-7(11)5-8(9)12/h3-5,13H,6H2,1-2H3. The normalized spacial score (nSPS) is 11.8. The summed E-state index contributed by atoms with van der Waals surface area (Å²) in [6.07, 6.45) is 0. The van der Waals surface area contributed by atoms with Crippen molar-refractivity contribution in [3.05, 3.63) is 28.2 Å². The minimum absolute atomic E-state index is 0.108. The first-order chi connectivity index (χ1) is 6.44. The van der Waals surface area contributed by atoms with E-state index in [9.17, 15) is 0 Å². The van der Waals surface area contributed by atoms with Crippen LogP contribution in [-0.2, 0) is 0 Å². The highest BCUT2D eigenvalue weighted by Crippen LogP contribution is 2.37. The van der Waals surface area contributed by atoms with Crippen LogP contribution in [0.4, 0.5) is 0 Å². The molecule has 1 N–H and O–H groups in total. The summed E-state index contributed by atoms with van der Waals surface area (Å²) in [5, 5.41) is 10.4. The Morgan fingerprint density at radius 3 is 2.50 bits per heavy atom. The average Bonchev–Trinajstić information content (AvgIpc) is 2.10. The van der Waals surface area contributed by atoms with Crippen molar-refractivity contribution in [1.82, 2.24) is 0 Å². The van der Waals surface area contributed by atoms with Gasteiger partial charge in [0.2, 0.25) is 0 Å². The van der Waals surface area contributed by atoms with Crippen molar-refractivity contribution in [1.29, 1.82) is 0 Å². The lowest BCUT2D eigenvalue weighted by molar-refractivity contribution is 0.265. The maximum Gasteiger partial charge on any atom is 0.0576 e. The van der Waals surface area contributed by atoms with Gasteiger partial charge in [0, 0.05) is 14.7 Å². The molecular weight excluding hydrogens is 239 g/mol. The minimum Gasteiger partial charge on any atom is -0.395 e. The summed E-state index contributed by atoms with van der Waals surface area (Å²) < 4.78 is -0.225. The van der Waals surface area contributed by atoms with Gasteiger partial charge in [0.25, 0.3) is 0 Å². The summed E-state index contributed by atoms with van der Waals surface area (Å²) >= 11 is 13.3. The topological polar surface area (TPSA) is 20.2 Å². The molecule has 0 aliphatic heterocycles. The van der Waals surface area contributed by atoms with Crippen LogP contribution >= 0.6 is 35.0 Å². The lowest BCUT2D eigenvalue weighted by Gasteiger charge is -2.21. The van der Waals surface area contributed by atoms with Crippen molar-refractivity contribution in [2.24, 2.45) is 0 Å². The van der Waals surface area contributed by atoms with Gasteiger partial charge in [0.05, 0.1) is 11.6 Å². The van der Waals surface area contributed by atoms with Crippen molar-refractivity contribution in [3.8, 4) is 0 Å². The van der Waals surface area contributed by atoms with E-state index < -0.39 is 0 Å². The van der Waals surface area contributed by atoms with Gasteiger partial charge in [-0.05, 0) is 32.0 Å². The molecule has 78 valence electrons. The molecule has 0 spiro atoms. The first kappa shape index (κ1) is 12.2. The van der Waals surface area contributed by atoms with Gasteiger partial charge in [-0.25, -0.2) is 0 Å². The summed E-state index contributed by atoms with van der Waals surface area (Å²) in [7, 11) is 0. The van der Waals surface area contributed by atoms with Gasteiger partial charge in [-0.3, -0.25) is 0 Å². The van der Waals surface area contributed by atoms with Gasteiger partial charge >= 0.3 is 0 Å². The van der Waals surface area contributed by atoms with Crippen LogP contribution in [0.2, 0.25) is 10.0 Å². The molecule has 0 heterocycles. The Morgan fingerprint density at radius 1 is 1.36 bits per heavy atom. The van der Waals surface area contributed by atoms with Gasteiger partial charge in [0.15, 0.2) is 0 Å². The van der Waals surface area contributed by atoms with Gasteiger partial charge in [-0.2, -0.15) is 0 Å². The lowest BCUT2D eigenvalue weighted by Crippen LogP contribution is -2.19. The Balaban J connectivity index is 2.87. The molecule has 1 rings (SSSR count). The zero-order chi connectivity index (χ0) is 10.8. The molecular formula is C10H12Cl2OS. The van der Waals surface area contributed by atoms with E-state index in [1.165, 1.54) is 0 Å². The average molecular weight is 251 g/mol. The summed E-state index contributed by atoms with van der Waals surface area (Å²) in [5.74, 6) is 0. The Hall–Kier alpha value is 0.110. The minimum atomic E-state index is -0.225. The summed E-state index contributed by atoms with van der Waals surface area (Å²) in [6, 6.07) is 5.37. The highest BCUT2D eigenvalue weighted by molar-refractivity contribution is 8.00. The van der Waals surface area contributed by atoms with Crippen LogP contribution < -0.4 is 0 Å². The molecule has 0 aliphatic carbocycles. The van der Waals surface area contributed by atoms with E-state index in [-0.39, 0.29) is 11.4 Å². The second kappa shape index (κ2) is 4.75. The SMILES string of the molecule is CC(C)(CO)Sc1ccc(Cl)cc1Cl. The van der Waals surface area contributed by atoms with Crippen LogP contribution in [0.5, 0.6) is 0 Å². The van der Waals surface area contributed by atoms with Crippen LogP contribution in [-0.4, -0.2) is 16.5 Å². The van der Waals surface area contributed by atoms with E-state index in [1.807, 2.05) is 19.9 Å². The first-order valence-corrected chi connectivity index (χ1v) is 5.77. The molecule has 1 aromatic rings. The first-order valence-electron chi connectivity index (χ1n) is 4.19. The van der Waals surface area contributed by atoms with Crippen LogP contribution in [0, 0.1) is 0 Å². The second-order valence-corrected chi connectivity index (χ2v) is 6.19. The highest BCUT2D eigenvalue weighted by Gasteiger charge is 2.19. The van der Waals surface area contributed by atoms with E-state index in [4.69, 9.17) is 28.3 Å². The molecule has 0 bridgehead atoms. The predicted molar refractivity (Wildman–Crippen MR) is 63.5 cm³/mol. The van der Waals surface area contributed by atoms with Gasteiger partial charge in [-0.15, -0.1) is 11.8 Å². The smallest absolute Gasteiger partial charge is 0.0576 e. The fourth-order valence-corrected chi connectivity index (χ4v) is 2.36. The van der Waals surface area contributed by atoms with Crippen molar-refractivity contribution in [2.45, 2.75) is 23.5 Å². The van der Waals surface area contributed by atoms with E-state index in [0.717, 1.165) is 4.90 Å². The predicted octanol–water partition coefficient (Wildman–Crippen LogP) is 3.86. The van der Waals surface area contributed by atoms with E-state index in [2.05, 4.69) is 0 Å². The van der Waals surface area contributed by atoms with Crippen molar-refractivity contribution < 1.29 is 5.11 Å². The van der Waals surface area contributed by atoms with Gasteiger partial charge < -0.3 is 5.11 Å². The molecule has 0 aliphatic rings. The van der Waals surface area contributed by atoms with Crippen molar-refractivity contribution in [3.63, 3.8) is 0 Å². The van der Waals surface area contributed by atoms with Gasteiger partial charge in [0.1, 0.15) is 0 Å². The zero-order valence-corrected chi connectivity index (χ0v) is 10.4. The molecule has 0 saturated carbocycles.